The first-order valence-corrected chi connectivity index (χ1v) is 12.3. The molecule has 2 aromatic carbocycles. The molecule has 2 amide bonds. The Morgan fingerprint density at radius 2 is 1.50 bits per heavy atom. The van der Waals surface area contributed by atoms with E-state index in [2.05, 4.69) is 0 Å². The second kappa shape index (κ2) is 12.3. The first-order chi connectivity index (χ1) is 19.4. The molecule has 0 saturated carbocycles. The van der Waals surface area contributed by atoms with Gasteiger partial charge in [0.25, 0.3) is 0 Å². The van der Waals surface area contributed by atoms with Gasteiger partial charge in [0.05, 0.1) is 42.1 Å². The second-order valence-electron chi connectivity index (χ2n) is 9.27. The van der Waals surface area contributed by atoms with Crippen LogP contribution < -0.4 is 4.90 Å². The number of halogens is 9. The van der Waals surface area contributed by atoms with E-state index in [0.29, 0.717) is 29.2 Å². The zero-order valence-electron chi connectivity index (χ0n) is 22.0. The van der Waals surface area contributed by atoms with Crippen molar-refractivity contribution in [1.82, 2.24) is 4.90 Å². The summed E-state index contributed by atoms with van der Waals surface area (Å²) < 4.78 is 132. The van der Waals surface area contributed by atoms with Crippen molar-refractivity contribution in [3.8, 4) is 0 Å². The lowest BCUT2D eigenvalue weighted by molar-refractivity contribution is -0.143. The van der Waals surface area contributed by atoms with Gasteiger partial charge >= 0.3 is 30.7 Å². The Kier molecular flexibility index (Phi) is 9.59. The van der Waals surface area contributed by atoms with Gasteiger partial charge in [-0.15, -0.1) is 0 Å². The zero-order valence-corrected chi connectivity index (χ0v) is 22.0. The van der Waals surface area contributed by atoms with E-state index < -0.39 is 78.2 Å². The van der Waals surface area contributed by atoms with Crippen LogP contribution in [0.25, 0.3) is 0 Å². The van der Waals surface area contributed by atoms with Crippen LogP contribution in [-0.4, -0.2) is 48.6 Å². The molecule has 7 nitrogen and oxygen atoms in total. The fraction of sp³-hybridized carbons (Fsp3) is 0.462. The van der Waals surface area contributed by atoms with E-state index in [1.54, 1.807) is 0 Å². The molecule has 1 aliphatic heterocycles. The maximum atomic E-state index is 13.7. The number of hydrogen-bond donors (Lipinski definition) is 1. The molecule has 0 fully saturated rings. The molecule has 1 unspecified atom stereocenters. The number of aliphatic hydroxyl groups excluding tert-OH is 1. The van der Waals surface area contributed by atoms with Gasteiger partial charge in [-0.3, -0.25) is 9.80 Å². The summed E-state index contributed by atoms with van der Waals surface area (Å²) in [4.78, 5) is 27.4. The standard InChI is InChI=1S/C26H25F9N2O5/c1-3-42-23(40)37-18(6-7-38)12-21(19-11-15(24(27,28)29)4-5-20(19)37)36(22(39)41-2)13-14-8-16(25(30,31)32)10-17(9-14)26(33,34)35/h4-5,8-11,18,21,38H,3,6-7,12-13H2,1-2H3/t18-,21?/m1/s1. The minimum atomic E-state index is -5.20. The lowest BCUT2D eigenvalue weighted by Gasteiger charge is -2.43. The third-order valence-corrected chi connectivity index (χ3v) is 6.55. The van der Waals surface area contributed by atoms with E-state index in [4.69, 9.17) is 9.47 Å². The molecule has 0 spiro atoms. The van der Waals surface area contributed by atoms with Gasteiger partial charge in [-0.1, -0.05) is 0 Å². The average Bonchev–Trinajstić information content (AvgIpc) is 2.89. The van der Waals surface area contributed by atoms with Crippen molar-refractivity contribution in [2.24, 2.45) is 0 Å². The third-order valence-electron chi connectivity index (χ3n) is 6.55. The van der Waals surface area contributed by atoms with Crippen LogP contribution in [0, 0.1) is 0 Å². The van der Waals surface area contributed by atoms with E-state index in [-0.39, 0.29) is 36.8 Å². The van der Waals surface area contributed by atoms with Crippen LogP contribution in [0.2, 0.25) is 0 Å². The van der Waals surface area contributed by atoms with Gasteiger partial charge in [0, 0.05) is 19.2 Å². The van der Waals surface area contributed by atoms with Crippen molar-refractivity contribution in [3.05, 3.63) is 64.2 Å². The molecule has 0 radical (unpaired) electrons. The minimum Gasteiger partial charge on any atom is -0.453 e. The molecule has 0 bridgehead atoms. The molecule has 0 aliphatic carbocycles. The summed E-state index contributed by atoms with van der Waals surface area (Å²) in [5.41, 5.74) is -5.61. The first kappa shape index (κ1) is 32.8. The number of benzene rings is 2. The fourth-order valence-corrected chi connectivity index (χ4v) is 4.76. The Morgan fingerprint density at radius 1 is 0.929 bits per heavy atom. The van der Waals surface area contributed by atoms with Crippen molar-refractivity contribution in [3.63, 3.8) is 0 Å². The van der Waals surface area contributed by atoms with Crippen molar-refractivity contribution in [2.75, 3.05) is 25.2 Å². The van der Waals surface area contributed by atoms with Gasteiger partial charge in [-0.25, -0.2) is 9.59 Å². The SMILES string of the molecule is CCOC(=O)N1c2ccc(C(F)(F)F)cc2C(N(Cc2cc(C(F)(F)F)cc(C(F)(F)F)c2)C(=O)OC)C[C@H]1CCO. The molecule has 0 aromatic heterocycles. The number of amides is 2. The van der Waals surface area contributed by atoms with Crippen LogP contribution in [-0.2, 0) is 34.5 Å². The van der Waals surface area contributed by atoms with Crippen molar-refractivity contribution < 1.29 is 63.7 Å². The number of alkyl halides is 9. The summed E-state index contributed by atoms with van der Waals surface area (Å²) in [7, 11) is 0.870. The quantitative estimate of drug-likeness (QED) is 0.348. The number of hydrogen-bond acceptors (Lipinski definition) is 5. The summed E-state index contributed by atoms with van der Waals surface area (Å²) in [5.74, 6) is 0. The second-order valence-corrected chi connectivity index (χ2v) is 9.27. The molecule has 1 aliphatic rings. The monoisotopic (exact) mass is 616 g/mol. The number of anilines is 1. The number of carbonyl (C=O) groups is 2. The topological polar surface area (TPSA) is 79.3 Å². The van der Waals surface area contributed by atoms with E-state index in [9.17, 15) is 54.2 Å². The Balaban J connectivity index is 2.24. The van der Waals surface area contributed by atoms with Gasteiger partial charge in [0.1, 0.15) is 0 Å². The highest BCUT2D eigenvalue weighted by molar-refractivity contribution is 5.90. The number of ether oxygens (including phenoxy) is 2. The predicted molar refractivity (Wildman–Crippen MR) is 128 cm³/mol. The van der Waals surface area contributed by atoms with Gasteiger partial charge < -0.3 is 14.6 Å². The highest BCUT2D eigenvalue weighted by atomic mass is 19.4. The zero-order chi connectivity index (χ0) is 31.6. The first-order valence-electron chi connectivity index (χ1n) is 12.3. The highest BCUT2D eigenvalue weighted by Crippen LogP contribution is 2.45. The van der Waals surface area contributed by atoms with Crippen LogP contribution in [0.1, 0.15) is 53.6 Å². The lowest BCUT2D eigenvalue weighted by Crippen LogP contribution is -2.49. The van der Waals surface area contributed by atoms with E-state index in [1.165, 1.54) is 6.92 Å². The Hall–Kier alpha value is -3.69. The number of fused-ring (bicyclic) bond motifs is 1. The van der Waals surface area contributed by atoms with Crippen molar-refractivity contribution >= 4 is 17.9 Å². The summed E-state index contributed by atoms with van der Waals surface area (Å²) in [5, 5.41) is 9.63. The number of methoxy groups -OCH3 is 1. The molecule has 1 N–H and O–H groups in total. The van der Waals surface area contributed by atoms with Crippen LogP contribution in [0.5, 0.6) is 0 Å². The fourth-order valence-electron chi connectivity index (χ4n) is 4.76. The largest absolute Gasteiger partial charge is 0.453 e. The molecule has 2 atom stereocenters. The number of aliphatic hydroxyl groups is 1. The predicted octanol–water partition coefficient (Wildman–Crippen LogP) is 7.17. The normalized spacial score (nSPS) is 17.5. The molecular weight excluding hydrogens is 591 g/mol. The Morgan fingerprint density at radius 3 is 1.98 bits per heavy atom. The average molecular weight is 616 g/mol. The van der Waals surface area contributed by atoms with Crippen LogP contribution in [0.4, 0.5) is 54.8 Å². The summed E-state index contributed by atoms with van der Waals surface area (Å²) in [6, 6.07) is 0.454. The molecule has 42 heavy (non-hydrogen) atoms. The summed E-state index contributed by atoms with van der Waals surface area (Å²) in [6.07, 6.45) is -18.1. The Labute approximate surface area is 233 Å². The summed E-state index contributed by atoms with van der Waals surface area (Å²) >= 11 is 0. The molecule has 1 heterocycles. The van der Waals surface area contributed by atoms with Crippen molar-refractivity contribution in [2.45, 2.75) is 56.9 Å². The minimum absolute atomic E-state index is 0.105. The van der Waals surface area contributed by atoms with Crippen LogP contribution in [0.15, 0.2) is 36.4 Å². The maximum absolute atomic E-state index is 13.7. The van der Waals surface area contributed by atoms with E-state index >= 15 is 0 Å². The molecule has 232 valence electrons. The molecule has 3 rings (SSSR count). The van der Waals surface area contributed by atoms with Crippen LogP contribution in [0.3, 0.4) is 0 Å². The molecular formula is C26H25F9N2O5. The number of rotatable bonds is 6. The van der Waals surface area contributed by atoms with Gasteiger partial charge in [0.2, 0.25) is 0 Å². The smallest absolute Gasteiger partial charge is 0.416 e. The molecule has 2 aromatic rings. The van der Waals surface area contributed by atoms with Crippen molar-refractivity contribution in [1.29, 1.82) is 0 Å². The summed E-state index contributed by atoms with van der Waals surface area (Å²) in [6.45, 7) is -0.107. The third kappa shape index (κ3) is 7.20. The molecule has 16 heteroatoms. The molecule has 0 saturated heterocycles. The van der Waals surface area contributed by atoms with Gasteiger partial charge in [-0.05, 0) is 67.3 Å². The number of nitrogens with zero attached hydrogens (tertiary/aromatic N) is 2. The highest BCUT2D eigenvalue weighted by Gasteiger charge is 2.43. The number of carbonyl (C=O) groups excluding carboxylic acids is 2. The maximum Gasteiger partial charge on any atom is 0.416 e. The van der Waals surface area contributed by atoms with Gasteiger partial charge in [0.15, 0.2) is 0 Å². The van der Waals surface area contributed by atoms with E-state index in [0.717, 1.165) is 18.1 Å². The van der Waals surface area contributed by atoms with Gasteiger partial charge in [-0.2, -0.15) is 39.5 Å². The van der Waals surface area contributed by atoms with E-state index in [1.807, 2.05) is 0 Å². The Bertz CT molecular complexity index is 1260. The lowest BCUT2D eigenvalue weighted by atomic mass is 9.87. The van der Waals surface area contributed by atoms with Crippen LogP contribution >= 0.6 is 0 Å².